The Labute approximate surface area is 84.5 Å². The maximum Gasteiger partial charge on any atom is 0.0889 e. The molecule has 0 saturated heterocycles. The highest BCUT2D eigenvalue weighted by Gasteiger charge is 2.28. The number of hydrogen-bond donors (Lipinski definition) is 1. The zero-order valence-electron chi connectivity index (χ0n) is 8.71. The maximum atomic E-state index is 4.67. The lowest BCUT2D eigenvalue weighted by Crippen LogP contribution is -2.15. The van der Waals surface area contributed by atoms with E-state index in [1.807, 2.05) is 0 Å². The molecule has 3 rings (SSSR count). The summed E-state index contributed by atoms with van der Waals surface area (Å²) in [7, 11) is 2.08. The minimum Gasteiger partial charge on any atom is -0.382 e. The molecule has 0 unspecified atom stereocenters. The van der Waals surface area contributed by atoms with Crippen molar-refractivity contribution in [3.05, 3.63) is 11.4 Å². The highest BCUT2D eigenvalue weighted by molar-refractivity contribution is 5.56. The lowest BCUT2D eigenvalue weighted by molar-refractivity contribution is 0.408. The van der Waals surface area contributed by atoms with Crippen molar-refractivity contribution in [3.8, 4) is 0 Å². The smallest absolute Gasteiger partial charge is 0.0889 e. The van der Waals surface area contributed by atoms with E-state index in [9.17, 15) is 0 Å². The summed E-state index contributed by atoms with van der Waals surface area (Å²) < 4.78 is 2.08. The van der Waals surface area contributed by atoms with Gasteiger partial charge in [-0.15, -0.1) is 0 Å². The molecule has 0 atom stereocenters. The number of fused-ring (bicyclic) bond motifs is 1. The minimum absolute atomic E-state index is 0.746. The van der Waals surface area contributed by atoms with Gasteiger partial charge in [0.25, 0.3) is 0 Å². The molecule has 1 N–H and O–H groups in total. The molecule has 2 heterocycles. The molecule has 0 bridgehead atoms. The van der Waals surface area contributed by atoms with Gasteiger partial charge in [0, 0.05) is 19.5 Å². The Kier molecular flexibility index (Phi) is 1.79. The Morgan fingerprint density at radius 2 is 2.21 bits per heavy atom. The van der Waals surface area contributed by atoms with Crippen molar-refractivity contribution < 1.29 is 0 Å². The fourth-order valence-corrected chi connectivity index (χ4v) is 2.50. The first-order chi connectivity index (χ1) is 6.86. The molecule has 1 aliphatic carbocycles. The predicted molar refractivity (Wildman–Crippen MR) is 56.6 cm³/mol. The van der Waals surface area contributed by atoms with Crippen LogP contribution in [0.3, 0.4) is 0 Å². The summed E-state index contributed by atoms with van der Waals surface area (Å²) in [5, 5.41) is 8.19. The van der Waals surface area contributed by atoms with Crippen LogP contribution in [-0.4, -0.2) is 16.3 Å². The van der Waals surface area contributed by atoms with Crippen molar-refractivity contribution >= 4 is 5.69 Å². The second kappa shape index (κ2) is 3.01. The molecule has 1 aromatic rings. The molecule has 0 spiro atoms. The number of aryl methyl sites for hydroxylation is 1. The molecule has 3 heteroatoms. The molecule has 0 aromatic carbocycles. The summed E-state index contributed by atoms with van der Waals surface area (Å²) in [4.78, 5) is 0. The third-order valence-electron chi connectivity index (χ3n) is 3.58. The van der Waals surface area contributed by atoms with Crippen molar-refractivity contribution in [2.45, 2.75) is 38.0 Å². The van der Waals surface area contributed by atoms with E-state index in [2.05, 4.69) is 22.1 Å². The second-order valence-electron chi connectivity index (χ2n) is 4.49. The van der Waals surface area contributed by atoms with Gasteiger partial charge < -0.3 is 5.32 Å². The van der Waals surface area contributed by atoms with Crippen LogP contribution >= 0.6 is 0 Å². The first-order valence-corrected chi connectivity index (χ1v) is 5.66. The largest absolute Gasteiger partial charge is 0.382 e. The number of aromatic nitrogens is 2. The van der Waals surface area contributed by atoms with E-state index in [0.29, 0.717) is 0 Å². The van der Waals surface area contributed by atoms with Crippen LogP contribution in [0, 0.1) is 0 Å². The predicted octanol–water partition coefficient (Wildman–Crippen LogP) is 2.05. The van der Waals surface area contributed by atoms with Gasteiger partial charge in [0.05, 0.1) is 17.1 Å². The van der Waals surface area contributed by atoms with E-state index in [0.717, 1.165) is 12.5 Å². The van der Waals surface area contributed by atoms with E-state index in [1.165, 1.54) is 49.2 Å². The van der Waals surface area contributed by atoms with Crippen LogP contribution in [0.15, 0.2) is 0 Å². The zero-order chi connectivity index (χ0) is 9.54. The average molecular weight is 191 g/mol. The van der Waals surface area contributed by atoms with Gasteiger partial charge in [-0.3, -0.25) is 4.68 Å². The van der Waals surface area contributed by atoms with Crippen LogP contribution < -0.4 is 5.32 Å². The molecule has 3 nitrogen and oxygen atoms in total. The summed E-state index contributed by atoms with van der Waals surface area (Å²) in [6.45, 7) is 1.12. The Morgan fingerprint density at radius 3 is 2.93 bits per heavy atom. The van der Waals surface area contributed by atoms with E-state index >= 15 is 0 Å². The van der Waals surface area contributed by atoms with Crippen LogP contribution in [0.5, 0.6) is 0 Å². The molecule has 0 radical (unpaired) electrons. The van der Waals surface area contributed by atoms with Crippen molar-refractivity contribution in [2.75, 3.05) is 11.9 Å². The molecule has 1 aromatic heterocycles. The topological polar surface area (TPSA) is 29.9 Å². The van der Waals surface area contributed by atoms with Crippen molar-refractivity contribution in [3.63, 3.8) is 0 Å². The highest BCUT2D eigenvalue weighted by Crippen LogP contribution is 2.41. The van der Waals surface area contributed by atoms with Gasteiger partial charge in [0.1, 0.15) is 0 Å². The Hall–Kier alpha value is -0.990. The van der Waals surface area contributed by atoms with E-state index in [1.54, 1.807) is 0 Å². The Morgan fingerprint density at radius 1 is 1.36 bits per heavy atom. The number of rotatable bonds is 1. The minimum atomic E-state index is 0.746. The first kappa shape index (κ1) is 8.33. The van der Waals surface area contributed by atoms with Gasteiger partial charge in [-0.25, -0.2) is 0 Å². The van der Waals surface area contributed by atoms with Crippen LogP contribution in [0.2, 0.25) is 0 Å². The molecule has 1 fully saturated rings. The number of hydrogen-bond acceptors (Lipinski definition) is 2. The highest BCUT2D eigenvalue weighted by atomic mass is 15.3. The molecule has 2 aliphatic rings. The van der Waals surface area contributed by atoms with Crippen molar-refractivity contribution in [1.29, 1.82) is 0 Å². The summed E-state index contributed by atoms with van der Waals surface area (Å²) in [6, 6.07) is 0. The van der Waals surface area contributed by atoms with Gasteiger partial charge >= 0.3 is 0 Å². The molecule has 1 aliphatic heterocycles. The third-order valence-corrected chi connectivity index (χ3v) is 3.58. The first-order valence-electron chi connectivity index (χ1n) is 5.66. The number of nitrogens with zero attached hydrogens (tertiary/aromatic N) is 2. The van der Waals surface area contributed by atoms with Crippen LogP contribution in [0.25, 0.3) is 0 Å². The second-order valence-corrected chi connectivity index (χ2v) is 4.49. The fraction of sp³-hybridized carbons (Fsp3) is 0.727. The lowest BCUT2D eigenvalue weighted by atomic mass is 9.82. The number of anilines is 1. The standard InChI is InChI=1S/C11H17N3/c1-14-9-6-3-7-12-11(9)10(13-14)8-4-2-5-8/h8,12H,2-7H2,1H3. The molecular formula is C11H17N3. The van der Waals surface area contributed by atoms with Crippen molar-refractivity contribution in [2.24, 2.45) is 7.05 Å². The van der Waals surface area contributed by atoms with Crippen LogP contribution in [0.4, 0.5) is 5.69 Å². The number of nitrogens with one attached hydrogen (secondary N) is 1. The van der Waals surface area contributed by atoms with Gasteiger partial charge in [0.15, 0.2) is 0 Å². The van der Waals surface area contributed by atoms with Crippen LogP contribution in [0.1, 0.15) is 43.0 Å². The van der Waals surface area contributed by atoms with E-state index in [-0.39, 0.29) is 0 Å². The molecule has 1 saturated carbocycles. The molecular weight excluding hydrogens is 174 g/mol. The van der Waals surface area contributed by atoms with Crippen LogP contribution in [-0.2, 0) is 13.5 Å². The quantitative estimate of drug-likeness (QED) is 0.736. The summed E-state index contributed by atoms with van der Waals surface area (Å²) in [5.74, 6) is 0.746. The molecule has 0 amide bonds. The van der Waals surface area contributed by atoms with E-state index in [4.69, 9.17) is 0 Å². The molecule has 14 heavy (non-hydrogen) atoms. The molecule has 76 valence electrons. The Bertz CT molecular complexity index is 350. The maximum absolute atomic E-state index is 4.67. The zero-order valence-corrected chi connectivity index (χ0v) is 8.71. The van der Waals surface area contributed by atoms with Gasteiger partial charge in [-0.2, -0.15) is 5.10 Å². The Balaban J connectivity index is 2.02. The van der Waals surface area contributed by atoms with Gasteiger partial charge in [0.2, 0.25) is 0 Å². The fourth-order valence-electron chi connectivity index (χ4n) is 2.50. The normalized spacial score (nSPS) is 21.2. The van der Waals surface area contributed by atoms with E-state index < -0.39 is 0 Å². The summed E-state index contributed by atoms with van der Waals surface area (Å²) >= 11 is 0. The SMILES string of the molecule is Cn1nc(C2CCC2)c2c1CCCN2. The lowest BCUT2D eigenvalue weighted by Gasteiger charge is -2.25. The summed E-state index contributed by atoms with van der Waals surface area (Å²) in [5.41, 5.74) is 4.12. The van der Waals surface area contributed by atoms with Crippen molar-refractivity contribution in [1.82, 2.24) is 9.78 Å². The monoisotopic (exact) mass is 191 g/mol. The van der Waals surface area contributed by atoms with Gasteiger partial charge in [-0.05, 0) is 25.7 Å². The average Bonchev–Trinajstić information content (AvgIpc) is 2.43. The van der Waals surface area contributed by atoms with Gasteiger partial charge in [-0.1, -0.05) is 6.42 Å². The summed E-state index contributed by atoms with van der Waals surface area (Å²) in [6.07, 6.45) is 6.50. The third kappa shape index (κ3) is 1.08.